The molecule has 0 aliphatic carbocycles. The van der Waals surface area contributed by atoms with E-state index in [1.54, 1.807) is 4.57 Å². The van der Waals surface area contributed by atoms with Crippen molar-refractivity contribution in [2.24, 2.45) is 0 Å². The predicted molar refractivity (Wildman–Crippen MR) is 217 cm³/mol. The molecular weight excluding hydrogens is 633 g/mol. The van der Waals surface area contributed by atoms with Gasteiger partial charge in [-0.1, -0.05) is 127 Å². The third-order valence-electron chi connectivity index (χ3n) is 9.76. The highest BCUT2D eigenvalue weighted by Crippen LogP contribution is 2.39. The van der Waals surface area contributed by atoms with Crippen LogP contribution in [0.4, 0.5) is 0 Å². The molecule has 242 valence electrons. The van der Waals surface area contributed by atoms with Gasteiger partial charge in [0.2, 0.25) is 5.95 Å². The van der Waals surface area contributed by atoms with E-state index in [4.69, 9.17) is 23.7 Å². The van der Waals surface area contributed by atoms with E-state index in [9.17, 15) is 1.37 Å². The zero-order valence-corrected chi connectivity index (χ0v) is 27.3. The van der Waals surface area contributed by atoms with Gasteiger partial charge in [-0.3, -0.25) is 4.57 Å². The summed E-state index contributed by atoms with van der Waals surface area (Å²) in [6, 6.07) is 32.3. The standard InChI is InChI=1S/C48H30N4/c1-3-14-32(15-4-1)46-39-26-23-31-13-7-8-18-36(31)47(39)50-48(49-46)52-43-22-12-10-20-38(43)41-30-34(25-28-45(41)52)33-24-27-44-40(29-33)37-19-9-11-21-42(37)51(44)35-16-5-2-6-17-35/h1-30H/i1D,3D,4D,7D,8D,13D,14D,15D,18D,23D,26D. The molecule has 11 rings (SSSR count). The lowest BCUT2D eigenvalue weighted by Crippen LogP contribution is -2.03. The van der Waals surface area contributed by atoms with Crippen LogP contribution in [0.25, 0.3) is 99.3 Å². The molecule has 0 aliphatic heterocycles. The molecule has 4 nitrogen and oxygen atoms in total. The van der Waals surface area contributed by atoms with Gasteiger partial charge in [0.25, 0.3) is 0 Å². The van der Waals surface area contributed by atoms with Gasteiger partial charge >= 0.3 is 0 Å². The highest BCUT2D eigenvalue weighted by atomic mass is 15.2. The van der Waals surface area contributed by atoms with Crippen molar-refractivity contribution in [2.45, 2.75) is 0 Å². The van der Waals surface area contributed by atoms with Crippen LogP contribution in [-0.4, -0.2) is 19.1 Å². The number of aromatic nitrogens is 4. The van der Waals surface area contributed by atoms with Crippen molar-refractivity contribution in [1.82, 2.24) is 19.1 Å². The number of nitrogens with zero attached hydrogens (tertiary/aromatic N) is 4. The Hall–Kier alpha value is -7.04. The normalized spacial score (nSPS) is 14.8. The fourth-order valence-electron chi connectivity index (χ4n) is 7.48. The maximum absolute atomic E-state index is 9.21. The zero-order valence-electron chi connectivity index (χ0n) is 38.3. The molecule has 0 fully saturated rings. The zero-order chi connectivity index (χ0) is 43.7. The maximum atomic E-state index is 9.21. The van der Waals surface area contributed by atoms with E-state index in [0.29, 0.717) is 11.0 Å². The van der Waals surface area contributed by atoms with Crippen LogP contribution < -0.4 is 0 Å². The summed E-state index contributed by atoms with van der Waals surface area (Å²) >= 11 is 0. The van der Waals surface area contributed by atoms with E-state index < -0.39 is 66.5 Å². The first kappa shape index (κ1) is 20.0. The van der Waals surface area contributed by atoms with Crippen molar-refractivity contribution in [3.05, 3.63) is 182 Å². The summed E-state index contributed by atoms with van der Waals surface area (Å²) in [6.07, 6.45) is 0. The second-order valence-electron chi connectivity index (χ2n) is 12.6. The van der Waals surface area contributed by atoms with Crippen LogP contribution in [0.3, 0.4) is 0 Å². The van der Waals surface area contributed by atoms with Crippen molar-refractivity contribution in [1.29, 1.82) is 0 Å². The largest absolute Gasteiger partial charge is 0.309 e. The van der Waals surface area contributed by atoms with Crippen LogP contribution in [0.1, 0.15) is 15.1 Å². The SMILES string of the molecule is [2H]c1c([2H])c([2H])c(-c2nc(-n3c4ccccc4c4cc(-c5ccc6c(c5)c5ccccc5n6-c5ccccc5)ccc43)nc3c2c([2H])c([2H])c2c([2H])c([2H])c([2H])c([2H])c23)c([2H])c1[2H]. The molecule has 0 spiro atoms. The van der Waals surface area contributed by atoms with Gasteiger partial charge in [0.15, 0.2) is 0 Å². The van der Waals surface area contributed by atoms with Gasteiger partial charge in [0.05, 0.1) is 48.4 Å². The fourth-order valence-corrected chi connectivity index (χ4v) is 7.48. The predicted octanol–water partition coefficient (Wildman–Crippen LogP) is 12.3. The average Bonchev–Trinajstić information content (AvgIpc) is 3.82. The second kappa shape index (κ2) is 11.2. The van der Waals surface area contributed by atoms with E-state index in [2.05, 4.69) is 53.1 Å². The molecule has 0 atom stereocenters. The Morgan fingerprint density at radius 1 is 0.404 bits per heavy atom. The Bertz CT molecular complexity index is 3790. The minimum absolute atomic E-state index is 0.0377. The van der Waals surface area contributed by atoms with Crippen LogP contribution in [-0.2, 0) is 0 Å². The van der Waals surface area contributed by atoms with Crippen molar-refractivity contribution < 1.29 is 15.1 Å². The summed E-state index contributed by atoms with van der Waals surface area (Å²) < 4.78 is 100. The molecule has 0 saturated carbocycles. The van der Waals surface area contributed by atoms with Gasteiger partial charge in [-0.05, 0) is 71.1 Å². The molecule has 4 heteroatoms. The third kappa shape index (κ3) is 4.28. The van der Waals surface area contributed by atoms with Gasteiger partial charge in [-0.2, -0.15) is 0 Å². The quantitative estimate of drug-likeness (QED) is 0.174. The monoisotopic (exact) mass is 673 g/mol. The number of fused-ring (bicyclic) bond motifs is 9. The lowest BCUT2D eigenvalue weighted by atomic mass is 10.0. The van der Waals surface area contributed by atoms with Gasteiger partial charge in [0, 0.05) is 43.6 Å². The number of para-hydroxylation sites is 3. The van der Waals surface area contributed by atoms with E-state index in [1.165, 1.54) is 0 Å². The summed E-state index contributed by atoms with van der Waals surface area (Å²) in [5.74, 6) is -0.0377. The lowest BCUT2D eigenvalue weighted by Gasteiger charge is -2.13. The van der Waals surface area contributed by atoms with Crippen LogP contribution in [0.15, 0.2) is 182 Å². The Balaban J connectivity index is 1.21. The molecule has 8 aromatic carbocycles. The number of rotatable bonds is 4. The maximum Gasteiger partial charge on any atom is 0.235 e. The summed E-state index contributed by atoms with van der Waals surface area (Å²) in [5, 5.41) is 3.30. The molecule has 0 radical (unpaired) electrons. The van der Waals surface area contributed by atoms with Crippen molar-refractivity contribution in [3.8, 4) is 34.0 Å². The molecule has 11 aromatic rings. The molecule has 3 heterocycles. The van der Waals surface area contributed by atoms with E-state index in [0.717, 1.165) is 49.4 Å². The average molecular weight is 674 g/mol. The Labute approximate surface area is 314 Å². The molecule has 52 heavy (non-hydrogen) atoms. The smallest absolute Gasteiger partial charge is 0.235 e. The lowest BCUT2D eigenvalue weighted by molar-refractivity contribution is 1.02. The first-order chi connectivity index (χ1) is 30.4. The summed E-state index contributed by atoms with van der Waals surface area (Å²) in [7, 11) is 0. The Morgan fingerprint density at radius 3 is 1.73 bits per heavy atom. The van der Waals surface area contributed by atoms with Crippen molar-refractivity contribution >= 4 is 65.3 Å². The van der Waals surface area contributed by atoms with Crippen LogP contribution in [0.2, 0.25) is 0 Å². The fraction of sp³-hybridized carbons (Fsp3) is 0. The van der Waals surface area contributed by atoms with Gasteiger partial charge in [-0.25, -0.2) is 9.97 Å². The van der Waals surface area contributed by atoms with E-state index >= 15 is 0 Å². The molecule has 3 aromatic heterocycles. The van der Waals surface area contributed by atoms with Crippen molar-refractivity contribution in [2.75, 3.05) is 0 Å². The van der Waals surface area contributed by atoms with Gasteiger partial charge in [-0.15, -0.1) is 0 Å². The molecule has 0 amide bonds. The number of benzene rings is 8. The summed E-state index contributed by atoms with van der Waals surface area (Å²) in [6.45, 7) is 0. The number of hydrogen-bond donors (Lipinski definition) is 0. The minimum atomic E-state index is -0.633. The third-order valence-corrected chi connectivity index (χ3v) is 9.76. The molecule has 0 aliphatic rings. The van der Waals surface area contributed by atoms with E-state index in [1.807, 2.05) is 66.7 Å². The minimum Gasteiger partial charge on any atom is -0.309 e. The van der Waals surface area contributed by atoms with Crippen LogP contribution >= 0.6 is 0 Å². The van der Waals surface area contributed by atoms with Crippen LogP contribution in [0, 0.1) is 0 Å². The van der Waals surface area contributed by atoms with Crippen LogP contribution in [0.5, 0.6) is 0 Å². The highest BCUT2D eigenvalue weighted by molar-refractivity contribution is 6.13. The second-order valence-corrected chi connectivity index (χ2v) is 12.6. The van der Waals surface area contributed by atoms with Gasteiger partial charge in [0.1, 0.15) is 0 Å². The van der Waals surface area contributed by atoms with Crippen molar-refractivity contribution in [3.63, 3.8) is 0 Å². The van der Waals surface area contributed by atoms with Gasteiger partial charge < -0.3 is 4.57 Å². The topological polar surface area (TPSA) is 35.6 Å². The molecule has 0 bridgehead atoms. The number of hydrogen-bond acceptors (Lipinski definition) is 2. The molecule has 0 N–H and O–H groups in total. The summed E-state index contributed by atoms with van der Waals surface area (Å²) in [4.78, 5) is 9.85. The summed E-state index contributed by atoms with van der Waals surface area (Å²) in [5.41, 5.74) is 5.74. The molecule has 0 saturated heterocycles. The molecule has 0 unspecified atom stereocenters. The molecular formula is C48H30N4. The van der Waals surface area contributed by atoms with E-state index in [-0.39, 0.29) is 38.9 Å². The Morgan fingerprint density at radius 2 is 1.00 bits per heavy atom. The first-order valence-corrected chi connectivity index (χ1v) is 16.8. The first-order valence-electron chi connectivity index (χ1n) is 22.3. The highest BCUT2D eigenvalue weighted by Gasteiger charge is 2.19. The Kier molecular flexibility index (Phi) is 4.32.